The number of nitrogens with zero attached hydrogens (tertiary/aromatic N) is 2. The van der Waals surface area contributed by atoms with E-state index >= 15 is 0 Å². The molecule has 5 heteroatoms. The van der Waals surface area contributed by atoms with Gasteiger partial charge in [-0.25, -0.2) is 4.98 Å². The van der Waals surface area contributed by atoms with Gasteiger partial charge in [0.15, 0.2) is 0 Å². The van der Waals surface area contributed by atoms with E-state index < -0.39 is 0 Å². The van der Waals surface area contributed by atoms with E-state index in [0.29, 0.717) is 12.8 Å². The van der Waals surface area contributed by atoms with Crippen LogP contribution in [0.15, 0.2) is 24.4 Å². The molecule has 0 spiro atoms. The molecule has 1 saturated heterocycles. The molecule has 2 N–H and O–H groups in total. The Morgan fingerprint density at radius 1 is 1.35 bits per heavy atom. The minimum atomic E-state index is 0.106. The molecular weight excluding hydrogens is 254 g/mol. The highest BCUT2D eigenvalue weighted by Gasteiger charge is 2.21. The third kappa shape index (κ3) is 4.49. The molecule has 5 nitrogen and oxygen atoms in total. The molecule has 1 amide bonds. The van der Waals surface area contributed by atoms with Crippen molar-refractivity contribution in [3.8, 4) is 0 Å². The Balaban J connectivity index is 1.70. The van der Waals surface area contributed by atoms with Crippen LogP contribution in [0.5, 0.6) is 0 Å². The zero-order valence-corrected chi connectivity index (χ0v) is 11.8. The third-order valence-corrected chi connectivity index (χ3v) is 3.65. The molecule has 0 unspecified atom stereocenters. The first-order valence-electron chi connectivity index (χ1n) is 7.36. The highest BCUT2D eigenvalue weighted by molar-refractivity contribution is 5.76. The summed E-state index contributed by atoms with van der Waals surface area (Å²) in [6.07, 6.45) is 5.71. The van der Waals surface area contributed by atoms with Crippen molar-refractivity contribution < 1.29 is 9.90 Å². The minimum Gasteiger partial charge on any atom is -0.396 e. The van der Waals surface area contributed by atoms with Crippen LogP contribution in [0, 0.1) is 0 Å². The van der Waals surface area contributed by atoms with Gasteiger partial charge in [0.1, 0.15) is 5.82 Å². The van der Waals surface area contributed by atoms with Gasteiger partial charge in [0, 0.05) is 38.4 Å². The summed E-state index contributed by atoms with van der Waals surface area (Å²) in [5, 5.41) is 11.8. The molecule has 0 atom stereocenters. The van der Waals surface area contributed by atoms with Crippen molar-refractivity contribution in [1.82, 2.24) is 10.3 Å². The van der Waals surface area contributed by atoms with Crippen molar-refractivity contribution in [2.24, 2.45) is 0 Å². The van der Waals surface area contributed by atoms with Gasteiger partial charge in [-0.05, 0) is 37.8 Å². The van der Waals surface area contributed by atoms with Crippen LogP contribution in [0.3, 0.4) is 0 Å². The number of unbranched alkanes of at least 4 members (excludes halogenated alkanes) is 1. The SMILES string of the molecule is O=C(CCCCO)NC1CCN(c2ccccn2)CC1. The zero-order valence-electron chi connectivity index (χ0n) is 11.8. The number of carbonyl (C=O) groups excluding carboxylic acids is 1. The number of piperidine rings is 1. The van der Waals surface area contributed by atoms with Crippen molar-refractivity contribution in [3.05, 3.63) is 24.4 Å². The van der Waals surface area contributed by atoms with Crippen LogP contribution in [0.2, 0.25) is 0 Å². The van der Waals surface area contributed by atoms with Crippen LogP contribution in [0.25, 0.3) is 0 Å². The van der Waals surface area contributed by atoms with E-state index in [1.165, 1.54) is 0 Å². The van der Waals surface area contributed by atoms with Crippen LogP contribution >= 0.6 is 0 Å². The number of aliphatic hydroxyl groups excluding tert-OH is 1. The summed E-state index contributed by atoms with van der Waals surface area (Å²) in [7, 11) is 0. The van der Waals surface area contributed by atoms with Gasteiger partial charge in [0.05, 0.1) is 0 Å². The lowest BCUT2D eigenvalue weighted by molar-refractivity contribution is -0.122. The Bertz CT molecular complexity index is 403. The maximum Gasteiger partial charge on any atom is 0.220 e. The van der Waals surface area contributed by atoms with Crippen molar-refractivity contribution >= 4 is 11.7 Å². The summed E-state index contributed by atoms with van der Waals surface area (Å²) >= 11 is 0. The average molecular weight is 277 g/mol. The van der Waals surface area contributed by atoms with Gasteiger partial charge in [-0.3, -0.25) is 4.79 Å². The third-order valence-electron chi connectivity index (χ3n) is 3.65. The number of anilines is 1. The first-order valence-corrected chi connectivity index (χ1v) is 7.36. The van der Waals surface area contributed by atoms with E-state index in [4.69, 9.17) is 5.11 Å². The first-order chi connectivity index (χ1) is 9.79. The summed E-state index contributed by atoms with van der Waals surface area (Å²) in [4.78, 5) is 18.3. The number of aliphatic hydroxyl groups is 1. The molecule has 1 aliphatic rings. The molecule has 0 aromatic carbocycles. The highest BCUT2D eigenvalue weighted by Crippen LogP contribution is 2.17. The average Bonchev–Trinajstić information content (AvgIpc) is 2.49. The van der Waals surface area contributed by atoms with Gasteiger partial charge in [-0.15, -0.1) is 0 Å². The molecule has 1 fully saturated rings. The molecule has 20 heavy (non-hydrogen) atoms. The molecule has 1 aromatic rings. The fourth-order valence-corrected chi connectivity index (χ4v) is 2.49. The molecular formula is C15H23N3O2. The standard InChI is InChI=1S/C15H23N3O2/c19-12-4-2-6-15(20)17-13-7-10-18(11-8-13)14-5-1-3-9-16-14/h1,3,5,9,13,19H,2,4,6-8,10-12H2,(H,17,20). The second-order valence-electron chi connectivity index (χ2n) is 5.20. The lowest BCUT2D eigenvalue weighted by atomic mass is 10.0. The highest BCUT2D eigenvalue weighted by atomic mass is 16.3. The van der Waals surface area contributed by atoms with Gasteiger partial charge in [-0.2, -0.15) is 0 Å². The summed E-state index contributed by atoms with van der Waals surface area (Å²) in [6.45, 7) is 2.02. The van der Waals surface area contributed by atoms with Crippen LogP contribution < -0.4 is 10.2 Å². The van der Waals surface area contributed by atoms with Crippen LogP contribution in [-0.4, -0.2) is 41.7 Å². The second-order valence-corrected chi connectivity index (χ2v) is 5.20. The van der Waals surface area contributed by atoms with E-state index in [1.54, 1.807) is 0 Å². The molecule has 0 radical (unpaired) electrons. The Morgan fingerprint density at radius 3 is 2.80 bits per heavy atom. The van der Waals surface area contributed by atoms with Crippen molar-refractivity contribution in [1.29, 1.82) is 0 Å². The van der Waals surface area contributed by atoms with Gasteiger partial charge >= 0.3 is 0 Å². The van der Waals surface area contributed by atoms with Crippen molar-refractivity contribution in [3.63, 3.8) is 0 Å². The maximum absolute atomic E-state index is 11.7. The van der Waals surface area contributed by atoms with Crippen LogP contribution in [-0.2, 0) is 4.79 Å². The van der Waals surface area contributed by atoms with E-state index in [0.717, 1.165) is 38.2 Å². The molecule has 0 saturated carbocycles. The zero-order chi connectivity index (χ0) is 14.2. The Morgan fingerprint density at radius 2 is 2.15 bits per heavy atom. The molecule has 1 aromatic heterocycles. The molecule has 0 aliphatic carbocycles. The Labute approximate surface area is 120 Å². The lowest BCUT2D eigenvalue weighted by Crippen LogP contribution is -2.44. The summed E-state index contributed by atoms with van der Waals surface area (Å²) in [5.41, 5.74) is 0. The predicted molar refractivity (Wildman–Crippen MR) is 78.6 cm³/mol. The number of rotatable bonds is 6. The van der Waals surface area contributed by atoms with Gasteiger partial charge in [0.25, 0.3) is 0 Å². The molecule has 0 bridgehead atoms. The number of pyridine rings is 1. The molecule has 2 heterocycles. The van der Waals surface area contributed by atoms with Gasteiger partial charge < -0.3 is 15.3 Å². The predicted octanol–water partition coefficient (Wildman–Crippen LogP) is 1.33. The van der Waals surface area contributed by atoms with E-state index in [-0.39, 0.29) is 18.6 Å². The maximum atomic E-state index is 11.7. The number of amides is 1. The normalized spacial score (nSPS) is 16.1. The van der Waals surface area contributed by atoms with Crippen LogP contribution in [0.1, 0.15) is 32.1 Å². The number of carbonyl (C=O) groups is 1. The first kappa shape index (κ1) is 14.8. The smallest absolute Gasteiger partial charge is 0.220 e. The quantitative estimate of drug-likeness (QED) is 0.770. The van der Waals surface area contributed by atoms with E-state index in [9.17, 15) is 4.79 Å². The lowest BCUT2D eigenvalue weighted by Gasteiger charge is -2.33. The van der Waals surface area contributed by atoms with Crippen molar-refractivity contribution in [2.75, 3.05) is 24.6 Å². The number of aromatic nitrogens is 1. The van der Waals surface area contributed by atoms with Gasteiger partial charge in [-0.1, -0.05) is 6.07 Å². The van der Waals surface area contributed by atoms with Gasteiger partial charge in [0.2, 0.25) is 5.91 Å². The largest absolute Gasteiger partial charge is 0.396 e. The number of hydrogen-bond acceptors (Lipinski definition) is 4. The molecule has 110 valence electrons. The fraction of sp³-hybridized carbons (Fsp3) is 0.600. The molecule has 2 rings (SSSR count). The summed E-state index contributed by atoms with van der Waals surface area (Å²) in [5.74, 6) is 1.12. The minimum absolute atomic E-state index is 0.106. The monoisotopic (exact) mass is 277 g/mol. The number of nitrogens with one attached hydrogen (secondary N) is 1. The summed E-state index contributed by atoms with van der Waals surface area (Å²) < 4.78 is 0. The van der Waals surface area contributed by atoms with E-state index in [2.05, 4.69) is 15.2 Å². The Hall–Kier alpha value is -1.62. The second kappa shape index (κ2) is 7.85. The van der Waals surface area contributed by atoms with E-state index in [1.807, 2.05) is 24.4 Å². The Kier molecular flexibility index (Phi) is 5.80. The number of hydrogen-bond donors (Lipinski definition) is 2. The summed E-state index contributed by atoms with van der Waals surface area (Å²) in [6, 6.07) is 6.21. The van der Waals surface area contributed by atoms with Crippen molar-refractivity contribution in [2.45, 2.75) is 38.1 Å². The molecule has 1 aliphatic heterocycles. The van der Waals surface area contributed by atoms with Crippen LogP contribution in [0.4, 0.5) is 5.82 Å². The topological polar surface area (TPSA) is 65.5 Å². The fourth-order valence-electron chi connectivity index (χ4n) is 2.49.